The Morgan fingerprint density at radius 1 is 1.22 bits per heavy atom. The van der Waals surface area contributed by atoms with E-state index in [-0.39, 0.29) is 17.8 Å². The lowest BCUT2D eigenvalue weighted by atomic mass is 10.1. The predicted molar refractivity (Wildman–Crippen MR) is 90.0 cm³/mol. The van der Waals surface area contributed by atoms with E-state index in [0.29, 0.717) is 30.0 Å². The lowest BCUT2D eigenvalue weighted by Crippen LogP contribution is -2.12. The second kappa shape index (κ2) is 7.63. The number of halogens is 1. The largest absolute Gasteiger partial charge is 0.489 e. The molecule has 1 amide bonds. The first kappa shape index (κ1) is 16.8. The summed E-state index contributed by atoms with van der Waals surface area (Å²) in [5.41, 5.74) is 8.06. The van der Waals surface area contributed by atoms with Gasteiger partial charge in [-0.25, -0.2) is 4.39 Å². The van der Waals surface area contributed by atoms with Gasteiger partial charge in [-0.3, -0.25) is 4.79 Å². The van der Waals surface area contributed by atoms with Crippen molar-refractivity contribution in [2.24, 2.45) is 0 Å². The highest BCUT2D eigenvalue weighted by atomic mass is 19.1. The van der Waals surface area contributed by atoms with Crippen molar-refractivity contribution in [2.45, 2.75) is 32.8 Å². The van der Waals surface area contributed by atoms with Crippen LogP contribution in [0.2, 0.25) is 0 Å². The van der Waals surface area contributed by atoms with E-state index in [1.807, 2.05) is 32.0 Å². The van der Waals surface area contributed by atoms with Crippen LogP contribution in [0, 0.1) is 5.82 Å². The van der Waals surface area contributed by atoms with Gasteiger partial charge in [-0.05, 0) is 62.2 Å². The van der Waals surface area contributed by atoms with Gasteiger partial charge in [-0.15, -0.1) is 0 Å². The van der Waals surface area contributed by atoms with Crippen molar-refractivity contribution >= 4 is 17.3 Å². The van der Waals surface area contributed by atoms with Crippen LogP contribution in [0.3, 0.4) is 0 Å². The Balaban J connectivity index is 1.88. The van der Waals surface area contributed by atoms with E-state index in [0.717, 1.165) is 5.56 Å². The number of carbonyl (C=O) groups is 1. The van der Waals surface area contributed by atoms with E-state index in [9.17, 15) is 9.18 Å². The molecule has 0 saturated heterocycles. The molecule has 3 N–H and O–H groups in total. The van der Waals surface area contributed by atoms with Crippen molar-refractivity contribution < 1.29 is 13.9 Å². The SMILES string of the molecule is CC(C)Oc1ccc(CCC(=O)Nc2ccc(F)cc2)cc1N. The number of nitrogens with one attached hydrogen (secondary N) is 1. The zero-order chi connectivity index (χ0) is 16.8. The molecule has 0 atom stereocenters. The minimum atomic E-state index is -0.331. The van der Waals surface area contributed by atoms with Gasteiger partial charge in [-0.1, -0.05) is 6.07 Å². The average molecular weight is 316 g/mol. The second-order valence-corrected chi connectivity index (χ2v) is 5.59. The molecule has 2 aromatic rings. The van der Waals surface area contributed by atoms with Gasteiger partial charge < -0.3 is 15.8 Å². The van der Waals surface area contributed by atoms with Crippen molar-refractivity contribution in [3.8, 4) is 5.75 Å². The number of anilines is 2. The molecule has 4 nitrogen and oxygen atoms in total. The Kier molecular flexibility index (Phi) is 5.57. The van der Waals surface area contributed by atoms with Crippen molar-refractivity contribution in [1.82, 2.24) is 0 Å². The number of hydrogen-bond acceptors (Lipinski definition) is 3. The maximum atomic E-state index is 12.8. The summed E-state index contributed by atoms with van der Waals surface area (Å²) in [4.78, 5) is 11.9. The minimum absolute atomic E-state index is 0.0598. The highest BCUT2D eigenvalue weighted by Crippen LogP contribution is 2.24. The van der Waals surface area contributed by atoms with Crippen LogP contribution in [-0.2, 0) is 11.2 Å². The molecule has 0 bridgehead atoms. The van der Waals surface area contributed by atoms with Crippen LogP contribution < -0.4 is 15.8 Å². The number of benzene rings is 2. The van der Waals surface area contributed by atoms with Crippen molar-refractivity contribution in [1.29, 1.82) is 0 Å². The van der Waals surface area contributed by atoms with Gasteiger partial charge in [0.1, 0.15) is 11.6 Å². The number of nitrogens with two attached hydrogens (primary N) is 1. The van der Waals surface area contributed by atoms with E-state index >= 15 is 0 Å². The van der Waals surface area contributed by atoms with E-state index in [1.54, 1.807) is 0 Å². The van der Waals surface area contributed by atoms with E-state index in [2.05, 4.69) is 5.32 Å². The molecule has 0 aromatic heterocycles. The van der Waals surface area contributed by atoms with Crippen LogP contribution >= 0.6 is 0 Å². The number of nitrogen functional groups attached to an aromatic ring is 1. The molecule has 0 heterocycles. The van der Waals surface area contributed by atoms with Crippen molar-refractivity contribution in [3.05, 3.63) is 53.8 Å². The maximum absolute atomic E-state index is 12.8. The Bertz CT molecular complexity index is 669. The summed E-state index contributed by atoms with van der Waals surface area (Å²) < 4.78 is 18.4. The molecule has 0 fully saturated rings. The third-order valence-corrected chi connectivity index (χ3v) is 3.21. The molecule has 122 valence electrons. The highest BCUT2D eigenvalue weighted by Gasteiger charge is 2.07. The van der Waals surface area contributed by atoms with Crippen LogP contribution in [0.15, 0.2) is 42.5 Å². The molecule has 0 aliphatic rings. The van der Waals surface area contributed by atoms with Gasteiger partial charge in [0.15, 0.2) is 0 Å². The fraction of sp³-hybridized carbons (Fsp3) is 0.278. The molecule has 5 heteroatoms. The molecule has 0 saturated carbocycles. The zero-order valence-electron chi connectivity index (χ0n) is 13.3. The average Bonchev–Trinajstić information content (AvgIpc) is 2.50. The number of aryl methyl sites for hydroxylation is 1. The van der Waals surface area contributed by atoms with E-state index in [4.69, 9.17) is 10.5 Å². The summed E-state index contributed by atoms with van der Waals surface area (Å²) in [5.74, 6) is 0.194. The fourth-order valence-corrected chi connectivity index (χ4v) is 2.13. The maximum Gasteiger partial charge on any atom is 0.224 e. The van der Waals surface area contributed by atoms with Crippen molar-refractivity contribution in [2.75, 3.05) is 11.1 Å². The lowest BCUT2D eigenvalue weighted by Gasteiger charge is -2.13. The number of hydrogen-bond donors (Lipinski definition) is 2. The van der Waals surface area contributed by atoms with Gasteiger partial charge >= 0.3 is 0 Å². The van der Waals surface area contributed by atoms with Crippen LogP contribution in [-0.4, -0.2) is 12.0 Å². The minimum Gasteiger partial charge on any atom is -0.489 e. The third-order valence-electron chi connectivity index (χ3n) is 3.21. The zero-order valence-corrected chi connectivity index (χ0v) is 13.3. The monoisotopic (exact) mass is 316 g/mol. The van der Waals surface area contributed by atoms with Gasteiger partial charge in [0.2, 0.25) is 5.91 Å². The Morgan fingerprint density at radius 3 is 2.52 bits per heavy atom. The number of amides is 1. The molecule has 0 spiro atoms. The summed E-state index contributed by atoms with van der Waals surface area (Å²) in [6.45, 7) is 3.88. The first-order valence-electron chi connectivity index (χ1n) is 7.54. The number of carbonyl (C=O) groups excluding carboxylic acids is 1. The number of ether oxygens (including phenoxy) is 1. The smallest absolute Gasteiger partial charge is 0.224 e. The molecule has 2 aromatic carbocycles. The van der Waals surface area contributed by atoms with Crippen LogP contribution in [0.25, 0.3) is 0 Å². The molecule has 23 heavy (non-hydrogen) atoms. The molecule has 0 radical (unpaired) electrons. The lowest BCUT2D eigenvalue weighted by molar-refractivity contribution is -0.116. The van der Waals surface area contributed by atoms with Gasteiger partial charge in [0.25, 0.3) is 0 Å². The van der Waals surface area contributed by atoms with Gasteiger partial charge in [0.05, 0.1) is 11.8 Å². The topological polar surface area (TPSA) is 64.3 Å². The Hall–Kier alpha value is -2.56. The molecular formula is C18H21FN2O2. The van der Waals surface area contributed by atoms with Crippen LogP contribution in [0.1, 0.15) is 25.8 Å². The Morgan fingerprint density at radius 2 is 1.91 bits per heavy atom. The standard InChI is InChI=1S/C18H21FN2O2/c1-12(2)23-17-9-3-13(11-16(17)20)4-10-18(22)21-15-7-5-14(19)6-8-15/h3,5-9,11-12H,4,10,20H2,1-2H3,(H,21,22). The molecule has 0 aliphatic carbocycles. The van der Waals surface area contributed by atoms with E-state index in [1.165, 1.54) is 24.3 Å². The van der Waals surface area contributed by atoms with Crippen molar-refractivity contribution in [3.63, 3.8) is 0 Å². The summed E-state index contributed by atoms with van der Waals surface area (Å²) in [6, 6.07) is 11.2. The summed E-state index contributed by atoms with van der Waals surface area (Å²) >= 11 is 0. The second-order valence-electron chi connectivity index (χ2n) is 5.59. The summed E-state index contributed by atoms with van der Waals surface area (Å²) in [6.07, 6.45) is 0.949. The fourth-order valence-electron chi connectivity index (χ4n) is 2.13. The van der Waals surface area contributed by atoms with E-state index < -0.39 is 0 Å². The normalized spacial score (nSPS) is 10.6. The highest BCUT2D eigenvalue weighted by molar-refractivity contribution is 5.90. The number of rotatable bonds is 6. The molecule has 2 rings (SSSR count). The first-order chi connectivity index (χ1) is 10.9. The van der Waals surface area contributed by atoms with Crippen LogP contribution in [0.4, 0.5) is 15.8 Å². The quantitative estimate of drug-likeness (QED) is 0.797. The molecular weight excluding hydrogens is 295 g/mol. The Labute approximate surface area is 135 Å². The first-order valence-corrected chi connectivity index (χ1v) is 7.54. The van der Waals surface area contributed by atoms with Gasteiger partial charge in [0, 0.05) is 12.1 Å². The third kappa shape index (κ3) is 5.29. The van der Waals surface area contributed by atoms with Crippen LogP contribution in [0.5, 0.6) is 5.75 Å². The summed E-state index contributed by atoms with van der Waals surface area (Å²) in [7, 11) is 0. The molecule has 0 aliphatic heterocycles. The predicted octanol–water partition coefficient (Wildman–Crippen LogP) is 3.77. The van der Waals surface area contributed by atoms with Gasteiger partial charge in [-0.2, -0.15) is 0 Å². The summed E-state index contributed by atoms with van der Waals surface area (Å²) in [5, 5.41) is 2.73. The molecule has 0 unspecified atom stereocenters.